The zero-order valence-corrected chi connectivity index (χ0v) is 21.7. The molecule has 3 heterocycles. The van der Waals surface area contributed by atoms with Crippen molar-refractivity contribution < 1.29 is 18.0 Å². The predicted molar refractivity (Wildman–Crippen MR) is 147 cm³/mol. The van der Waals surface area contributed by atoms with Crippen molar-refractivity contribution in [3.63, 3.8) is 0 Å². The Morgan fingerprint density at radius 1 is 1.08 bits per heavy atom. The van der Waals surface area contributed by atoms with Crippen LogP contribution in [0.1, 0.15) is 43.9 Å². The second-order valence-electron chi connectivity index (χ2n) is 9.18. The normalized spacial score (nSPS) is 11.9. The minimum atomic E-state index is -4.59. The summed E-state index contributed by atoms with van der Waals surface area (Å²) in [6.07, 6.45) is 5.60. The summed E-state index contributed by atoms with van der Waals surface area (Å²) in [5, 5.41) is 3.95. The third-order valence-corrected chi connectivity index (χ3v) is 6.74. The first-order valence-electron chi connectivity index (χ1n) is 12.0. The molecule has 0 aliphatic rings. The Balaban J connectivity index is 1.37. The molecule has 198 valence electrons. The molecule has 39 heavy (non-hydrogen) atoms. The number of carbonyl (C=O) groups excluding carboxylic acids is 1. The number of anilines is 1. The Hall–Kier alpha value is -4.37. The van der Waals surface area contributed by atoms with Gasteiger partial charge in [-0.05, 0) is 60.9 Å². The van der Waals surface area contributed by atoms with Gasteiger partial charge in [-0.3, -0.25) is 4.79 Å². The van der Waals surface area contributed by atoms with Crippen LogP contribution in [0, 0.1) is 13.8 Å². The summed E-state index contributed by atoms with van der Waals surface area (Å²) in [6.45, 7) is 3.67. The number of imidazole rings is 1. The smallest absolute Gasteiger partial charge is 0.346 e. The molecule has 0 spiro atoms. The first-order valence-corrected chi connectivity index (χ1v) is 12.4. The number of aromatic nitrogens is 4. The number of hydrogen-bond acceptors (Lipinski definition) is 3. The minimum Gasteiger partial charge on any atom is -0.346 e. The van der Waals surface area contributed by atoms with Crippen molar-refractivity contribution in [3.05, 3.63) is 111 Å². The number of aryl methyl sites for hydroxylation is 2. The summed E-state index contributed by atoms with van der Waals surface area (Å²) in [5.41, 5.74) is 3.39. The number of carbonyl (C=O) groups is 1. The van der Waals surface area contributed by atoms with Crippen LogP contribution < -0.4 is 5.32 Å². The van der Waals surface area contributed by atoms with E-state index in [1.807, 2.05) is 25.1 Å². The summed E-state index contributed by atoms with van der Waals surface area (Å²) in [4.78, 5) is 24.4. The highest BCUT2D eigenvalue weighted by Gasteiger charge is 2.33. The molecule has 6 nitrogen and oxygen atoms in total. The molecule has 5 rings (SSSR count). The Labute approximate surface area is 227 Å². The van der Waals surface area contributed by atoms with Gasteiger partial charge in [-0.15, -0.1) is 0 Å². The molecule has 0 radical (unpaired) electrons. The largest absolute Gasteiger partial charge is 0.416 e. The van der Waals surface area contributed by atoms with E-state index in [-0.39, 0.29) is 17.8 Å². The van der Waals surface area contributed by atoms with Crippen molar-refractivity contribution >= 4 is 46.4 Å². The number of hydrogen-bond donors (Lipinski definition) is 2. The van der Waals surface area contributed by atoms with Crippen LogP contribution >= 0.6 is 11.6 Å². The van der Waals surface area contributed by atoms with Crippen LogP contribution in [0.15, 0.2) is 67.4 Å². The molecule has 3 aromatic heterocycles. The molecule has 0 unspecified atom stereocenters. The summed E-state index contributed by atoms with van der Waals surface area (Å²) >= 11 is 6.50. The van der Waals surface area contributed by atoms with Gasteiger partial charge >= 0.3 is 6.18 Å². The molecule has 10 heteroatoms. The fraction of sp³-hybridized carbons (Fsp3) is 0.138. The summed E-state index contributed by atoms with van der Waals surface area (Å²) in [6, 6.07) is 10.7. The number of rotatable bonds is 6. The number of H-pyrrole nitrogens is 1. The number of alkyl halides is 3. The van der Waals surface area contributed by atoms with E-state index in [1.165, 1.54) is 18.5 Å². The number of aromatic amines is 1. The molecule has 0 aliphatic carbocycles. The van der Waals surface area contributed by atoms with Crippen molar-refractivity contribution in [2.75, 3.05) is 5.32 Å². The van der Waals surface area contributed by atoms with E-state index in [1.54, 1.807) is 48.3 Å². The van der Waals surface area contributed by atoms with Gasteiger partial charge in [-0.1, -0.05) is 35.9 Å². The number of nitrogens with one attached hydrogen (secondary N) is 2. The van der Waals surface area contributed by atoms with Gasteiger partial charge in [0.25, 0.3) is 5.91 Å². The molecule has 0 aliphatic heterocycles. The van der Waals surface area contributed by atoms with Gasteiger partial charge in [0.05, 0.1) is 22.6 Å². The lowest BCUT2D eigenvalue weighted by Gasteiger charge is -2.16. The van der Waals surface area contributed by atoms with Gasteiger partial charge in [0.15, 0.2) is 0 Å². The minimum absolute atomic E-state index is 0.00806. The van der Waals surface area contributed by atoms with Crippen molar-refractivity contribution in [1.82, 2.24) is 19.5 Å². The third-order valence-electron chi connectivity index (χ3n) is 6.32. The van der Waals surface area contributed by atoms with Crippen molar-refractivity contribution in [1.29, 1.82) is 0 Å². The number of amides is 1. The highest BCUT2D eigenvalue weighted by molar-refractivity contribution is 6.36. The lowest BCUT2D eigenvalue weighted by Crippen LogP contribution is -2.15. The van der Waals surface area contributed by atoms with Gasteiger partial charge in [0.2, 0.25) is 0 Å². The van der Waals surface area contributed by atoms with Crippen LogP contribution in [-0.2, 0) is 12.7 Å². The predicted octanol–water partition coefficient (Wildman–Crippen LogP) is 7.52. The van der Waals surface area contributed by atoms with Crippen LogP contribution in [0.2, 0.25) is 5.02 Å². The van der Waals surface area contributed by atoms with E-state index in [2.05, 4.69) is 20.3 Å². The number of benzene rings is 2. The average molecular weight is 550 g/mol. The Morgan fingerprint density at radius 2 is 1.87 bits per heavy atom. The Kier molecular flexibility index (Phi) is 7.01. The summed E-state index contributed by atoms with van der Waals surface area (Å²) < 4.78 is 43.1. The second kappa shape index (κ2) is 10.4. The van der Waals surface area contributed by atoms with E-state index in [0.29, 0.717) is 27.5 Å². The second-order valence-corrected chi connectivity index (χ2v) is 9.56. The van der Waals surface area contributed by atoms with Crippen LogP contribution in [0.3, 0.4) is 0 Å². The quantitative estimate of drug-likeness (QED) is 0.230. The third kappa shape index (κ3) is 5.73. The molecule has 0 fully saturated rings. The number of halogens is 4. The van der Waals surface area contributed by atoms with E-state index in [0.717, 1.165) is 22.6 Å². The standard InChI is InChI=1S/C29H23ClF3N5O/c1-17-3-4-20(11-19(17)5-6-21-13-35-27-24(26(21)30)9-10-34-27)28(39)37-23-8-7-22(25(12-23)29(31,32)33)15-38-14-18(2)36-16-38/h3-14,16H,15H2,1-2H3,(H,34,35)(H,37,39)/b6-5+. The molecule has 0 bridgehead atoms. The van der Waals surface area contributed by atoms with Gasteiger partial charge < -0.3 is 14.9 Å². The SMILES string of the molecule is Cc1cn(Cc2ccc(NC(=O)c3ccc(C)c(/C=C/c4cnc5[nH]ccc5c4Cl)c3)cc2C(F)(F)F)cn1. The Morgan fingerprint density at radius 3 is 2.62 bits per heavy atom. The maximum atomic E-state index is 13.9. The van der Waals surface area contributed by atoms with Crippen LogP contribution in [0.25, 0.3) is 23.2 Å². The molecule has 0 saturated heterocycles. The van der Waals surface area contributed by atoms with E-state index >= 15 is 0 Å². The maximum Gasteiger partial charge on any atom is 0.416 e. The van der Waals surface area contributed by atoms with E-state index < -0.39 is 17.6 Å². The van der Waals surface area contributed by atoms with E-state index in [9.17, 15) is 18.0 Å². The molecular weight excluding hydrogens is 527 g/mol. The zero-order chi connectivity index (χ0) is 27.7. The number of pyridine rings is 1. The topological polar surface area (TPSA) is 75.6 Å². The fourth-order valence-electron chi connectivity index (χ4n) is 4.26. The zero-order valence-electron chi connectivity index (χ0n) is 21.0. The first-order chi connectivity index (χ1) is 18.6. The van der Waals surface area contributed by atoms with Crippen LogP contribution in [0.5, 0.6) is 0 Å². The lowest BCUT2D eigenvalue weighted by atomic mass is 10.0. The average Bonchev–Trinajstić information content (AvgIpc) is 3.54. The van der Waals surface area contributed by atoms with Crippen LogP contribution in [-0.4, -0.2) is 25.4 Å². The summed E-state index contributed by atoms with van der Waals surface area (Å²) in [5.74, 6) is -0.524. The maximum absolute atomic E-state index is 13.9. The first kappa shape index (κ1) is 26.2. The van der Waals surface area contributed by atoms with Gasteiger partial charge in [-0.25, -0.2) is 9.97 Å². The van der Waals surface area contributed by atoms with Crippen LogP contribution in [0.4, 0.5) is 18.9 Å². The van der Waals surface area contributed by atoms with E-state index in [4.69, 9.17) is 11.6 Å². The molecule has 0 saturated carbocycles. The molecule has 1 amide bonds. The lowest BCUT2D eigenvalue weighted by molar-refractivity contribution is -0.138. The van der Waals surface area contributed by atoms with Crippen molar-refractivity contribution in [2.45, 2.75) is 26.6 Å². The Bertz CT molecular complexity index is 1720. The molecule has 2 aromatic carbocycles. The fourth-order valence-corrected chi connectivity index (χ4v) is 4.53. The van der Waals surface area contributed by atoms with Gasteiger partial charge in [-0.2, -0.15) is 13.2 Å². The molecule has 5 aromatic rings. The summed E-state index contributed by atoms with van der Waals surface area (Å²) in [7, 11) is 0. The number of fused-ring (bicyclic) bond motifs is 1. The highest BCUT2D eigenvalue weighted by Crippen LogP contribution is 2.34. The molecule has 2 N–H and O–H groups in total. The highest BCUT2D eigenvalue weighted by atomic mass is 35.5. The molecule has 0 atom stereocenters. The van der Waals surface area contributed by atoms with Gasteiger partial charge in [0, 0.05) is 47.3 Å². The monoisotopic (exact) mass is 549 g/mol. The number of nitrogens with zero attached hydrogens (tertiary/aromatic N) is 3. The van der Waals surface area contributed by atoms with Gasteiger partial charge in [0.1, 0.15) is 5.65 Å². The van der Waals surface area contributed by atoms with Crippen molar-refractivity contribution in [3.8, 4) is 0 Å². The van der Waals surface area contributed by atoms with Crippen molar-refractivity contribution in [2.24, 2.45) is 0 Å². The molecular formula is C29H23ClF3N5O.